The minimum absolute atomic E-state index is 0.00214. The second-order valence-corrected chi connectivity index (χ2v) is 8.06. The third-order valence-electron chi connectivity index (χ3n) is 6.24. The molecule has 0 bridgehead atoms. The highest BCUT2D eigenvalue weighted by atomic mass is 19.3. The number of pyridine rings is 1. The molecule has 4 nitrogen and oxygen atoms in total. The molecule has 3 aliphatic rings. The van der Waals surface area contributed by atoms with E-state index in [1.807, 2.05) is 18.2 Å². The smallest absolute Gasteiger partial charge is 0.252 e. The van der Waals surface area contributed by atoms with Crippen molar-refractivity contribution in [2.24, 2.45) is 11.3 Å². The van der Waals surface area contributed by atoms with Crippen LogP contribution in [-0.4, -0.2) is 40.8 Å². The number of alkyl halides is 2. The molecular weight excluding hydrogens is 324 g/mol. The summed E-state index contributed by atoms with van der Waals surface area (Å²) in [5.74, 6) is -2.62. The van der Waals surface area contributed by atoms with Crippen LogP contribution in [0, 0.1) is 11.3 Å². The molecule has 1 aromatic rings. The molecule has 3 fully saturated rings. The Balaban J connectivity index is 1.37. The molecule has 2 atom stereocenters. The first-order valence-electron chi connectivity index (χ1n) is 9.26. The monoisotopic (exact) mass is 349 g/mol. The fraction of sp³-hybridized carbons (Fsp3) is 0.684. The number of amides is 1. The highest BCUT2D eigenvalue weighted by Crippen LogP contribution is 2.50. The lowest BCUT2D eigenvalue weighted by atomic mass is 9.76. The molecular formula is C19H25F2N3O. The number of likely N-dealkylation sites (tertiary alicyclic amines) is 1. The first kappa shape index (κ1) is 16.9. The molecule has 25 heavy (non-hydrogen) atoms. The van der Waals surface area contributed by atoms with Gasteiger partial charge in [0.05, 0.1) is 5.69 Å². The van der Waals surface area contributed by atoms with Crippen LogP contribution in [0.1, 0.15) is 44.2 Å². The molecule has 2 heterocycles. The Morgan fingerprint density at radius 2 is 2.16 bits per heavy atom. The number of halogens is 2. The van der Waals surface area contributed by atoms with E-state index in [1.165, 1.54) is 0 Å². The largest absolute Gasteiger partial charge is 0.353 e. The van der Waals surface area contributed by atoms with Gasteiger partial charge in [-0.2, -0.15) is 0 Å². The van der Waals surface area contributed by atoms with Gasteiger partial charge in [0.15, 0.2) is 0 Å². The molecule has 4 rings (SSSR count). The van der Waals surface area contributed by atoms with E-state index in [0.717, 1.165) is 51.0 Å². The Morgan fingerprint density at radius 3 is 2.88 bits per heavy atom. The predicted molar refractivity (Wildman–Crippen MR) is 90.0 cm³/mol. The van der Waals surface area contributed by atoms with E-state index in [0.29, 0.717) is 0 Å². The van der Waals surface area contributed by atoms with Gasteiger partial charge in [-0.1, -0.05) is 12.5 Å². The van der Waals surface area contributed by atoms with Crippen molar-refractivity contribution in [3.63, 3.8) is 0 Å². The van der Waals surface area contributed by atoms with Gasteiger partial charge in [0, 0.05) is 44.1 Å². The molecule has 1 N–H and O–H groups in total. The van der Waals surface area contributed by atoms with Gasteiger partial charge < -0.3 is 5.32 Å². The van der Waals surface area contributed by atoms with Gasteiger partial charge in [-0.25, -0.2) is 8.78 Å². The molecule has 0 radical (unpaired) electrons. The number of hydrogen-bond donors (Lipinski definition) is 1. The summed E-state index contributed by atoms with van der Waals surface area (Å²) in [4.78, 5) is 19.5. The topological polar surface area (TPSA) is 45.2 Å². The molecule has 2 aliphatic carbocycles. The maximum atomic E-state index is 13.0. The number of nitrogens with one attached hydrogen (secondary N) is 1. The van der Waals surface area contributed by atoms with Crippen molar-refractivity contribution in [3.05, 3.63) is 30.1 Å². The molecule has 1 spiro atoms. The normalized spacial score (nSPS) is 32.0. The Labute approximate surface area is 147 Å². The predicted octanol–water partition coefficient (Wildman–Crippen LogP) is 2.99. The van der Waals surface area contributed by atoms with Crippen molar-refractivity contribution in [1.29, 1.82) is 0 Å². The summed E-state index contributed by atoms with van der Waals surface area (Å²) in [6.07, 6.45) is 5.40. The fourth-order valence-electron chi connectivity index (χ4n) is 4.94. The Morgan fingerprint density at radius 1 is 1.32 bits per heavy atom. The van der Waals surface area contributed by atoms with Crippen molar-refractivity contribution < 1.29 is 13.6 Å². The zero-order valence-electron chi connectivity index (χ0n) is 14.4. The van der Waals surface area contributed by atoms with E-state index in [9.17, 15) is 13.6 Å². The Bertz CT molecular complexity index is 631. The summed E-state index contributed by atoms with van der Waals surface area (Å²) >= 11 is 0. The maximum Gasteiger partial charge on any atom is 0.252 e. The quantitative estimate of drug-likeness (QED) is 0.909. The molecule has 0 aromatic carbocycles. The first-order valence-corrected chi connectivity index (χ1v) is 9.26. The van der Waals surface area contributed by atoms with Crippen molar-refractivity contribution >= 4 is 5.91 Å². The average molecular weight is 349 g/mol. The average Bonchev–Trinajstić information content (AvgIpc) is 3.14. The molecule has 1 saturated heterocycles. The summed E-state index contributed by atoms with van der Waals surface area (Å²) in [6.45, 7) is 2.69. The van der Waals surface area contributed by atoms with Crippen LogP contribution in [0.25, 0.3) is 0 Å². The lowest BCUT2D eigenvalue weighted by molar-refractivity contribution is -0.135. The third kappa shape index (κ3) is 3.41. The SMILES string of the molecule is O=C(NC1CC(F)(F)C1)[C@@H]1CCC[C@@]12CCN(Cc1ccccn1)C2. The van der Waals surface area contributed by atoms with Crippen LogP contribution in [0.5, 0.6) is 0 Å². The maximum absolute atomic E-state index is 13.0. The van der Waals surface area contributed by atoms with Gasteiger partial charge in [0.25, 0.3) is 5.92 Å². The van der Waals surface area contributed by atoms with Crippen molar-refractivity contribution in [2.75, 3.05) is 13.1 Å². The Kier molecular flexibility index (Phi) is 4.26. The number of rotatable bonds is 4. The molecule has 0 unspecified atom stereocenters. The number of hydrogen-bond acceptors (Lipinski definition) is 3. The summed E-state index contributed by atoms with van der Waals surface area (Å²) in [6, 6.07) is 5.59. The third-order valence-corrected chi connectivity index (χ3v) is 6.24. The summed E-state index contributed by atoms with van der Waals surface area (Å²) in [5, 5.41) is 2.88. The van der Waals surface area contributed by atoms with E-state index >= 15 is 0 Å². The van der Waals surface area contributed by atoms with Crippen LogP contribution in [0.4, 0.5) is 8.78 Å². The van der Waals surface area contributed by atoms with Gasteiger partial charge in [-0.3, -0.25) is 14.7 Å². The van der Waals surface area contributed by atoms with E-state index in [4.69, 9.17) is 0 Å². The standard InChI is InChI=1S/C19H25F2N3O/c20-19(21)10-15(11-19)23-17(25)16-5-3-6-18(16)7-9-24(13-18)12-14-4-1-2-8-22-14/h1-2,4,8,15-16H,3,5-7,9-13H2,(H,23,25)/t16-,18-/m0/s1. The van der Waals surface area contributed by atoms with E-state index in [1.54, 1.807) is 6.20 Å². The highest BCUT2D eigenvalue weighted by molar-refractivity contribution is 5.80. The van der Waals surface area contributed by atoms with Gasteiger partial charge >= 0.3 is 0 Å². The number of aromatic nitrogens is 1. The van der Waals surface area contributed by atoms with Crippen LogP contribution in [0.3, 0.4) is 0 Å². The van der Waals surface area contributed by atoms with Crippen LogP contribution < -0.4 is 5.32 Å². The fourth-order valence-corrected chi connectivity index (χ4v) is 4.94. The molecule has 1 aromatic heterocycles. The number of carbonyl (C=O) groups excluding carboxylic acids is 1. The van der Waals surface area contributed by atoms with E-state index in [2.05, 4.69) is 15.2 Å². The lowest BCUT2D eigenvalue weighted by Gasteiger charge is -2.38. The van der Waals surface area contributed by atoms with Gasteiger partial charge in [0.2, 0.25) is 5.91 Å². The minimum Gasteiger partial charge on any atom is -0.353 e. The van der Waals surface area contributed by atoms with Crippen molar-refractivity contribution in [3.8, 4) is 0 Å². The van der Waals surface area contributed by atoms with Crippen LogP contribution in [0.15, 0.2) is 24.4 Å². The highest BCUT2D eigenvalue weighted by Gasteiger charge is 2.52. The molecule has 6 heteroatoms. The van der Waals surface area contributed by atoms with Gasteiger partial charge in [-0.15, -0.1) is 0 Å². The van der Waals surface area contributed by atoms with Crippen molar-refractivity contribution in [1.82, 2.24) is 15.2 Å². The van der Waals surface area contributed by atoms with Gasteiger partial charge in [0.1, 0.15) is 0 Å². The summed E-state index contributed by atoms with van der Waals surface area (Å²) in [5.41, 5.74) is 1.07. The zero-order chi connectivity index (χ0) is 17.5. The second-order valence-electron chi connectivity index (χ2n) is 8.06. The summed E-state index contributed by atoms with van der Waals surface area (Å²) in [7, 11) is 0. The van der Waals surface area contributed by atoms with Gasteiger partial charge in [-0.05, 0) is 43.4 Å². The van der Waals surface area contributed by atoms with Crippen LogP contribution >= 0.6 is 0 Å². The van der Waals surface area contributed by atoms with Crippen LogP contribution in [0.2, 0.25) is 0 Å². The van der Waals surface area contributed by atoms with Crippen LogP contribution in [-0.2, 0) is 11.3 Å². The van der Waals surface area contributed by atoms with E-state index < -0.39 is 5.92 Å². The molecule has 2 saturated carbocycles. The number of carbonyl (C=O) groups is 1. The lowest BCUT2D eigenvalue weighted by Crippen LogP contribution is -2.53. The van der Waals surface area contributed by atoms with Crippen molar-refractivity contribution in [2.45, 2.75) is 57.0 Å². The minimum atomic E-state index is -2.59. The molecule has 1 aliphatic heterocycles. The molecule has 136 valence electrons. The van der Waals surface area contributed by atoms with E-state index in [-0.39, 0.29) is 36.1 Å². The first-order chi connectivity index (χ1) is 12.0. The Hall–Kier alpha value is -1.56. The number of nitrogens with zero attached hydrogens (tertiary/aromatic N) is 2. The molecule has 1 amide bonds. The zero-order valence-corrected chi connectivity index (χ0v) is 14.4. The second kappa shape index (κ2) is 6.31. The summed E-state index contributed by atoms with van der Waals surface area (Å²) < 4.78 is 26.0.